The zero-order chi connectivity index (χ0) is 24.8. The van der Waals surface area contributed by atoms with Crippen molar-refractivity contribution >= 4 is 17.8 Å². The number of carboxylic acids is 1. The third-order valence-corrected chi connectivity index (χ3v) is 6.34. The minimum Gasteiger partial charge on any atom is -0.478 e. The van der Waals surface area contributed by atoms with E-state index in [4.69, 9.17) is 6.42 Å². The van der Waals surface area contributed by atoms with E-state index in [1.807, 2.05) is 46.4 Å². The van der Waals surface area contributed by atoms with Gasteiger partial charge in [-0.05, 0) is 45.4 Å². The molecule has 1 saturated heterocycles. The first-order valence-corrected chi connectivity index (χ1v) is 11.5. The van der Waals surface area contributed by atoms with Crippen molar-refractivity contribution in [1.82, 2.24) is 15.1 Å². The number of nitrogens with one attached hydrogen (secondary N) is 1. The smallest absolute Gasteiger partial charge is 0.331 e. The molecular weight excluding hydrogens is 406 g/mol. The van der Waals surface area contributed by atoms with Crippen molar-refractivity contribution in [2.24, 2.45) is 11.8 Å². The Labute approximate surface area is 193 Å². The van der Waals surface area contributed by atoms with Crippen LogP contribution < -0.4 is 5.32 Å². The molecule has 1 fully saturated rings. The van der Waals surface area contributed by atoms with Crippen molar-refractivity contribution in [3.8, 4) is 12.3 Å². The van der Waals surface area contributed by atoms with Crippen LogP contribution in [0.15, 0.2) is 11.6 Å². The van der Waals surface area contributed by atoms with E-state index in [0.717, 1.165) is 19.4 Å². The van der Waals surface area contributed by atoms with E-state index < -0.39 is 23.6 Å². The number of carbonyl (C=O) groups excluding carboxylic acids is 2. The van der Waals surface area contributed by atoms with Crippen LogP contribution in [0.5, 0.6) is 0 Å². The monoisotopic (exact) mass is 447 g/mol. The standard InChI is InChI=1S/C25H41N3O4/c1-10-25(7,8)28-14-12-11-13-19(28)22(29)26-21(17(4)5)23(30)27(9)20(16(2)3)15-18(6)24(31)32/h1,15-17,19-21H,11-14H2,2-9H3,(H,26,29)(H,31,32)/b18-15+/t19?,20-,21+/m1/s1. The predicted octanol–water partition coefficient (Wildman–Crippen LogP) is 2.91. The number of nitrogens with zero attached hydrogens (tertiary/aromatic N) is 2. The molecule has 7 nitrogen and oxygen atoms in total. The van der Waals surface area contributed by atoms with Gasteiger partial charge >= 0.3 is 5.97 Å². The average Bonchev–Trinajstić information content (AvgIpc) is 2.73. The van der Waals surface area contributed by atoms with Crippen LogP contribution in [0, 0.1) is 24.2 Å². The first-order valence-electron chi connectivity index (χ1n) is 11.5. The summed E-state index contributed by atoms with van der Waals surface area (Å²) >= 11 is 0. The largest absolute Gasteiger partial charge is 0.478 e. The van der Waals surface area contributed by atoms with Gasteiger partial charge in [0.25, 0.3) is 0 Å². The molecule has 3 atom stereocenters. The number of rotatable bonds is 9. The SMILES string of the molecule is C#CC(C)(C)N1CCCCC1C(=O)N[C@H](C(=O)N(C)[C@H](/C=C(\C)C(=O)O)C(C)C)C(C)C. The lowest BCUT2D eigenvalue weighted by atomic mass is 9.92. The molecule has 7 heteroatoms. The van der Waals surface area contributed by atoms with Crippen LogP contribution in [-0.4, -0.2) is 69.9 Å². The van der Waals surface area contributed by atoms with Gasteiger partial charge in [0.1, 0.15) is 6.04 Å². The Morgan fingerprint density at radius 1 is 1.19 bits per heavy atom. The van der Waals surface area contributed by atoms with E-state index in [9.17, 15) is 19.5 Å². The maximum Gasteiger partial charge on any atom is 0.331 e. The normalized spacial score (nSPS) is 19.9. The minimum absolute atomic E-state index is 0.00651. The highest BCUT2D eigenvalue weighted by atomic mass is 16.4. The van der Waals surface area contributed by atoms with E-state index in [-0.39, 0.29) is 35.3 Å². The van der Waals surface area contributed by atoms with Gasteiger partial charge in [-0.3, -0.25) is 14.5 Å². The summed E-state index contributed by atoms with van der Waals surface area (Å²) in [6.07, 6.45) is 9.94. The van der Waals surface area contributed by atoms with E-state index in [1.54, 1.807) is 18.0 Å². The first kappa shape index (κ1) is 27.7. The van der Waals surface area contributed by atoms with Crippen molar-refractivity contribution in [3.63, 3.8) is 0 Å². The molecule has 0 aliphatic carbocycles. The quantitative estimate of drug-likeness (QED) is 0.419. The minimum atomic E-state index is -1.02. The number of likely N-dealkylation sites (N-methyl/N-ethyl adjacent to an activating group) is 1. The van der Waals surface area contributed by atoms with Gasteiger partial charge in [0.15, 0.2) is 0 Å². The highest BCUT2D eigenvalue weighted by molar-refractivity contribution is 5.90. The number of aliphatic carboxylic acids is 1. The maximum absolute atomic E-state index is 13.4. The zero-order valence-corrected chi connectivity index (χ0v) is 20.9. The fourth-order valence-corrected chi connectivity index (χ4v) is 4.16. The third-order valence-electron chi connectivity index (χ3n) is 6.34. The summed E-state index contributed by atoms with van der Waals surface area (Å²) in [5.41, 5.74) is -0.374. The number of amides is 2. The van der Waals surface area contributed by atoms with Crippen molar-refractivity contribution in [2.45, 2.75) is 91.4 Å². The summed E-state index contributed by atoms with van der Waals surface area (Å²) in [5.74, 6) is 1.22. The summed E-state index contributed by atoms with van der Waals surface area (Å²) in [4.78, 5) is 41.6. The van der Waals surface area contributed by atoms with Gasteiger partial charge in [0.05, 0.1) is 17.6 Å². The molecule has 0 radical (unpaired) electrons. The Morgan fingerprint density at radius 3 is 2.25 bits per heavy atom. The average molecular weight is 448 g/mol. The number of terminal acetylenes is 1. The first-order chi connectivity index (χ1) is 14.7. The Hall–Kier alpha value is -2.33. The lowest BCUT2D eigenvalue weighted by molar-refractivity contribution is -0.140. The molecule has 1 aliphatic heterocycles. The van der Waals surface area contributed by atoms with Crippen molar-refractivity contribution in [2.75, 3.05) is 13.6 Å². The second kappa shape index (κ2) is 11.5. The van der Waals surface area contributed by atoms with Gasteiger partial charge in [0.2, 0.25) is 11.8 Å². The van der Waals surface area contributed by atoms with Crippen LogP contribution >= 0.6 is 0 Å². The molecular formula is C25H41N3O4. The molecule has 0 aromatic rings. The van der Waals surface area contributed by atoms with Gasteiger partial charge in [-0.1, -0.05) is 46.1 Å². The van der Waals surface area contributed by atoms with Crippen molar-refractivity contribution in [1.29, 1.82) is 0 Å². The molecule has 2 N–H and O–H groups in total. The topological polar surface area (TPSA) is 90.0 Å². The second-order valence-electron chi connectivity index (χ2n) is 9.98. The Kier molecular flexibility index (Phi) is 9.96. The molecule has 0 saturated carbocycles. The van der Waals surface area contributed by atoms with E-state index >= 15 is 0 Å². The molecule has 0 spiro atoms. The zero-order valence-electron chi connectivity index (χ0n) is 20.9. The van der Waals surface area contributed by atoms with Crippen LogP contribution in [-0.2, 0) is 14.4 Å². The van der Waals surface area contributed by atoms with Crippen molar-refractivity contribution in [3.05, 3.63) is 11.6 Å². The lowest BCUT2D eigenvalue weighted by Crippen LogP contribution is -2.61. The molecule has 0 bridgehead atoms. The number of likely N-dealkylation sites (tertiary alicyclic amines) is 1. The number of hydrogen-bond donors (Lipinski definition) is 2. The highest BCUT2D eigenvalue weighted by Gasteiger charge is 2.39. The van der Waals surface area contributed by atoms with Gasteiger partial charge in [0, 0.05) is 19.2 Å². The summed E-state index contributed by atoms with van der Waals surface area (Å²) in [6.45, 7) is 13.8. The fraction of sp³-hybridized carbons (Fsp3) is 0.720. The maximum atomic E-state index is 13.4. The number of piperidine rings is 1. The van der Waals surface area contributed by atoms with E-state index in [0.29, 0.717) is 6.42 Å². The summed E-state index contributed by atoms with van der Waals surface area (Å²) in [5, 5.41) is 12.2. The Morgan fingerprint density at radius 2 is 1.78 bits per heavy atom. The molecule has 1 aliphatic rings. The van der Waals surface area contributed by atoms with Gasteiger partial charge in [-0.25, -0.2) is 4.79 Å². The molecule has 1 heterocycles. The fourth-order valence-electron chi connectivity index (χ4n) is 4.16. The summed E-state index contributed by atoms with van der Waals surface area (Å²) < 4.78 is 0. The summed E-state index contributed by atoms with van der Waals surface area (Å²) in [7, 11) is 1.66. The Balaban J connectivity index is 3.13. The number of hydrogen-bond acceptors (Lipinski definition) is 4. The summed E-state index contributed by atoms with van der Waals surface area (Å²) in [6, 6.07) is -1.50. The van der Waals surface area contributed by atoms with Crippen LogP contribution in [0.2, 0.25) is 0 Å². The van der Waals surface area contributed by atoms with Crippen LogP contribution in [0.4, 0.5) is 0 Å². The third kappa shape index (κ3) is 6.83. The van der Waals surface area contributed by atoms with Crippen LogP contribution in [0.25, 0.3) is 0 Å². The van der Waals surface area contributed by atoms with Gasteiger partial charge in [-0.2, -0.15) is 0 Å². The lowest BCUT2D eigenvalue weighted by Gasteiger charge is -2.43. The van der Waals surface area contributed by atoms with E-state index in [2.05, 4.69) is 11.2 Å². The molecule has 0 aromatic carbocycles. The van der Waals surface area contributed by atoms with Crippen LogP contribution in [0.1, 0.15) is 67.7 Å². The molecule has 32 heavy (non-hydrogen) atoms. The molecule has 2 amide bonds. The molecule has 0 aromatic heterocycles. The highest BCUT2D eigenvalue weighted by Crippen LogP contribution is 2.26. The Bertz CT molecular complexity index is 764. The molecule has 180 valence electrons. The second-order valence-corrected chi connectivity index (χ2v) is 9.98. The number of carboxylic acid groups (broad SMARTS) is 1. The number of carbonyl (C=O) groups is 3. The van der Waals surface area contributed by atoms with E-state index in [1.165, 1.54) is 6.92 Å². The molecule has 1 rings (SSSR count). The molecule has 1 unspecified atom stereocenters. The van der Waals surface area contributed by atoms with Gasteiger partial charge < -0.3 is 15.3 Å². The van der Waals surface area contributed by atoms with Crippen LogP contribution in [0.3, 0.4) is 0 Å². The predicted molar refractivity (Wildman–Crippen MR) is 127 cm³/mol. The van der Waals surface area contributed by atoms with Crippen molar-refractivity contribution < 1.29 is 19.5 Å². The van der Waals surface area contributed by atoms with Gasteiger partial charge in [-0.15, -0.1) is 6.42 Å².